The molecule has 2 rings (SSSR count). The highest BCUT2D eigenvalue weighted by Crippen LogP contribution is 2.18. The first-order valence-electron chi connectivity index (χ1n) is 6.90. The van der Waals surface area contributed by atoms with E-state index >= 15 is 0 Å². The lowest BCUT2D eigenvalue weighted by Gasteiger charge is -2.06. The number of benzene rings is 2. The van der Waals surface area contributed by atoms with Gasteiger partial charge in [0.2, 0.25) is 10.0 Å². The number of primary sulfonamides is 1. The van der Waals surface area contributed by atoms with Gasteiger partial charge in [0.05, 0.1) is 12.0 Å². The summed E-state index contributed by atoms with van der Waals surface area (Å²) in [5.41, 5.74) is 1.25. The standard InChI is InChI=1S/C16H17N3O4S/c1-23-15-5-3-2-4-12(15)10-11-18-16(20)19-13-6-8-14(9-7-13)24(17,21)22/h2-11H,1H3,(H2,17,21,22)(H2,18,19,20)/b11-10+. The van der Waals surface area contributed by atoms with E-state index < -0.39 is 16.1 Å². The zero-order valence-corrected chi connectivity index (χ0v) is 13.7. The minimum atomic E-state index is -3.75. The van der Waals surface area contributed by atoms with E-state index in [2.05, 4.69) is 10.6 Å². The van der Waals surface area contributed by atoms with E-state index in [0.717, 1.165) is 5.56 Å². The van der Waals surface area contributed by atoms with Crippen molar-refractivity contribution in [3.8, 4) is 5.75 Å². The van der Waals surface area contributed by atoms with Crippen molar-refractivity contribution in [2.24, 2.45) is 5.14 Å². The third-order valence-corrected chi connectivity index (χ3v) is 3.99. The van der Waals surface area contributed by atoms with Gasteiger partial charge in [0.15, 0.2) is 0 Å². The fourth-order valence-electron chi connectivity index (χ4n) is 1.91. The molecule has 0 fully saturated rings. The number of carbonyl (C=O) groups excluding carboxylic acids is 1. The van der Waals surface area contributed by atoms with E-state index in [0.29, 0.717) is 11.4 Å². The summed E-state index contributed by atoms with van der Waals surface area (Å²) in [4.78, 5) is 11.8. The molecular formula is C16H17N3O4S. The number of anilines is 1. The number of amides is 2. The highest BCUT2D eigenvalue weighted by molar-refractivity contribution is 7.89. The first-order chi connectivity index (χ1) is 11.4. The zero-order chi connectivity index (χ0) is 17.6. The predicted molar refractivity (Wildman–Crippen MR) is 92.0 cm³/mol. The van der Waals surface area contributed by atoms with Gasteiger partial charge in [-0.1, -0.05) is 18.2 Å². The number of hydrogen-bond acceptors (Lipinski definition) is 4. The predicted octanol–water partition coefficient (Wildman–Crippen LogP) is 2.13. The third kappa shape index (κ3) is 4.83. The molecule has 7 nitrogen and oxygen atoms in total. The normalized spacial score (nSPS) is 11.2. The summed E-state index contributed by atoms with van der Waals surface area (Å²) in [7, 11) is -2.18. The van der Waals surface area contributed by atoms with Gasteiger partial charge in [0, 0.05) is 17.5 Å². The van der Waals surface area contributed by atoms with Gasteiger partial charge < -0.3 is 15.4 Å². The van der Waals surface area contributed by atoms with E-state index in [1.165, 1.54) is 30.5 Å². The molecule has 4 N–H and O–H groups in total. The van der Waals surface area contributed by atoms with Crippen LogP contribution in [0, 0.1) is 0 Å². The van der Waals surface area contributed by atoms with Gasteiger partial charge in [-0.15, -0.1) is 0 Å². The van der Waals surface area contributed by atoms with Gasteiger partial charge in [-0.3, -0.25) is 0 Å². The lowest BCUT2D eigenvalue weighted by Crippen LogP contribution is -2.23. The molecule has 0 aromatic heterocycles. The number of urea groups is 1. The topological polar surface area (TPSA) is 111 Å². The number of rotatable bonds is 5. The molecule has 8 heteroatoms. The Morgan fingerprint density at radius 3 is 2.42 bits per heavy atom. The number of hydrogen-bond donors (Lipinski definition) is 3. The third-order valence-electron chi connectivity index (χ3n) is 3.06. The van der Waals surface area contributed by atoms with Crippen LogP contribution in [0.15, 0.2) is 59.6 Å². The van der Waals surface area contributed by atoms with Crippen LogP contribution in [-0.4, -0.2) is 21.6 Å². The largest absolute Gasteiger partial charge is 0.496 e. The van der Waals surface area contributed by atoms with Crippen LogP contribution < -0.4 is 20.5 Å². The molecule has 0 heterocycles. The molecule has 24 heavy (non-hydrogen) atoms. The van der Waals surface area contributed by atoms with Crippen LogP contribution in [0.25, 0.3) is 6.08 Å². The van der Waals surface area contributed by atoms with Crippen LogP contribution in [0.3, 0.4) is 0 Å². The summed E-state index contributed by atoms with van der Waals surface area (Å²) in [5, 5.41) is 10.1. The number of nitrogens with one attached hydrogen (secondary N) is 2. The monoisotopic (exact) mass is 347 g/mol. The highest BCUT2D eigenvalue weighted by atomic mass is 32.2. The Balaban J connectivity index is 1.95. The molecule has 0 radical (unpaired) electrons. The molecule has 0 aliphatic carbocycles. The zero-order valence-electron chi connectivity index (χ0n) is 12.9. The quantitative estimate of drug-likeness (QED) is 0.769. The van der Waals surface area contributed by atoms with Crippen LogP contribution >= 0.6 is 0 Å². The van der Waals surface area contributed by atoms with E-state index in [1.807, 2.05) is 24.3 Å². The number of ether oxygens (including phenoxy) is 1. The number of methoxy groups -OCH3 is 1. The number of para-hydroxylation sites is 1. The molecule has 0 spiro atoms. The van der Waals surface area contributed by atoms with Gasteiger partial charge in [0.25, 0.3) is 0 Å². The first kappa shape index (κ1) is 17.5. The van der Waals surface area contributed by atoms with Crippen molar-refractivity contribution >= 4 is 27.8 Å². The molecular weight excluding hydrogens is 330 g/mol. The van der Waals surface area contributed by atoms with Crippen molar-refractivity contribution in [3.63, 3.8) is 0 Å². The highest BCUT2D eigenvalue weighted by Gasteiger charge is 2.07. The summed E-state index contributed by atoms with van der Waals surface area (Å²) in [6, 6.07) is 12.4. The second kappa shape index (κ2) is 7.62. The van der Waals surface area contributed by atoms with Crippen molar-refractivity contribution in [2.75, 3.05) is 12.4 Å². The molecule has 0 saturated heterocycles. The summed E-state index contributed by atoms with van der Waals surface area (Å²) in [5.74, 6) is 0.689. The Hall–Kier alpha value is -2.84. The van der Waals surface area contributed by atoms with Crippen LogP contribution in [0.5, 0.6) is 5.75 Å². The van der Waals surface area contributed by atoms with Crippen molar-refractivity contribution in [3.05, 3.63) is 60.3 Å². The molecule has 2 aromatic rings. The summed E-state index contributed by atoms with van der Waals surface area (Å²) < 4.78 is 27.5. The maximum Gasteiger partial charge on any atom is 0.323 e. The van der Waals surface area contributed by atoms with Gasteiger partial charge in [-0.2, -0.15) is 0 Å². The lowest BCUT2D eigenvalue weighted by atomic mass is 10.2. The van der Waals surface area contributed by atoms with Crippen LogP contribution in [0.4, 0.5) is 10.5 Å². The molecule has 0 aliphatic heterocycles. The average molecular weight is 347 g/mol. The minimum Gasteiger partial charge on any atom is -0.496 e. The number of carbonyl (C=O) groups is 1. The Morgan fingerprint density at radius 2 is 1.79 bits per heavy atom. The molecule has 2 aromatic carbocycles. The van der Waals surface area contributed by atoms with Crippen LogP contribution in [-0.2, 0) is 10.0 Å². The van der Waals surface area contributed by atoms with E-state index in [-0.39, 0.29) is 4.90 Å². The number of nitrogens with two attached hydrogens (primary N) is 1. The van der Waals surface area contributed by atoms with Crippen molar-refractivity contribution in [2.45, 2.75) is 4.90 Å². The van der Waals surface area contributed by atoms with Gasteiger partial charge in [-0.05, 0) is 36.4 Å². The smallest absolute Gasteiger partial charge is 0.323 e. The average Bonchev–Trinajstić information content (AvgIpc) is 2.55. The fourth-order valence-corrected chi connectivity index (χ4v) is 2.42. The van der Waals surface area contributed by atoms with Crippen molar-refractivity contribution in [1.29, 1.82) is 0 Å². The van der Waals surface area contributed by atoms with E-state index in [4.69, 9.17) is 9.88 Å². The summed E-state index contributed by atoms with van der Waals surface area (Å²) in [6.07, 6.45) is 3.18. The molecule has 2 amide bonds. The molecule has 0 bridgehead atoms. The molecule has 0 unspecified atom stereocenters. The Bertz CT molecular complexity index is 846. The molecule has 0 atom stereocenters. The Labute approximate surface area is 140 Å². The van der Waals surface area contributed by atoms with Crippen molar-refractivity contribution < 1.29 is 17.9 Å². The Kier molecular flexibility index (Phi) is 5.56. The van der Waals surface area contributed by atoms with E-state index in [9.17, 15) is 13.2 Å². The second-order valence-electron chi connectivity index (χ2n) is 4.74. The maximum absolute atomic E-state index is 11.8. The lowest BCUT2D eigenvalue weighted by molar-refractivity contribution is 0.255. The summed E-state index contributed by atoms with van der Waals surface area (Å²) >= 11 is 0. The molecule has 0 aliphatic rings. The van der Waals surface area contributed by atoms with Gasteiger partial charge in [-0.25, -0.2) is 18.4 Å². The van der Waals surface area contributed by atoms with E-state index in [1.54, 1.807) is 13.2 Å². The molecule has 0 saturated carbocycles. The second-order valence-corrected chi connectivity index (χ2v) is 6.30. The first-order valence-corrected chi connectivity index (χ1v) is 8.45. The minimum absolute atomic E-state index is 0.0236. The van der Waals surface area contributed by atoms with Crippen molar-refractivity contribution in [1.82, 2.24) is 5.32 Å². The number of sulfonamides is 1. The Morgan fingerprint density at radius 1 is 1.12 bits per heavy atom. The summed E-state index contributed by atoms with van der Waals surface area (Å²) in [6.45, 7) is 0. The molecule has 126 valence electrons. The van der Waals surface area contributed by atoms with Crippen LogP contribution in [0.1, 0.15) is 5.56 Å². The SMILES string of the molecule is COc1ccccc1/C=C/NC(=O)Nc1ccc(S(N)(=O)=O)cc1. The van der Waals surface area contributed by atoms with Gasteiger partial charge >= 0.3 is 6.03 Å². The maximum atomic E-state index is 11.8. The fraction of sp³-hybridized carbons (Fsp3) is 0.0625. The van der Waals surface area contributed by atoms with Crippen LogP contribution in [0.2, 0.25) is 0 Å². The van der Waals surface area contributed by atoms with Gasteiger partial charge in [0.1, 0.15) is 5.75 Å².